The van der Waals surface area contributed by atoms with Gasteiger partial charge in [0, 0.05) is 89.5 Å². The minimum absolute atomic E-state index is 0.00162. The fourth-order valence-electron chi connectivity index (χ4n) is 4.53. The van der Waals surface area contributed by atoms with Crippen molar-refractivity contribution in [1.82, 2.24) is 4.90 Å². The van der Waals surface area contributed by atoms with Crippen molar-refractivity contribution in [2.75, 3.05) is 87.1 Å². The summed E-state index contributed by atoms with van der Waals surface area (Å²) < 4.78 is -0.00162. The summed E-state index contributed by atoms with van der Waals surface area (Å²) in [4.78, 5) is 20.6. The Kier molecular flexibility index (Phi) is 10.8. The van der Waals surface area contributed by atoms with E-state index < -0.39 is 0 Å². The monoisotopic (exact) mass is 575 g/mol. The molecule has 40 heavy (non-hydrogen) atoms. The van der Waals surface area contributed by atoms with Crippen molar-refractivity contribution in [3.63, 3.8) is 0 Å². The summed E-state index contributed by atoms with van der Waals surface area (Å²) in [6.45, 7) is 5.21. The van der Waals surface area contributed by atoms with Gasteiger partial charge in [0.05, 0.1) is 29.2 Å². The minimum Gasteiger partial charge on any atom is -0.378 e. The molecule has 1 heterocycles. The van der Waals surface area contributed by atoms with Crippen molar-refractivity contribution in [3.8, 4) is 0 Å². The lowest BCUT2D eigenvalue weighted by Crippen LogP contribution is -2.47. The number of anilines is 4. The first-order chi connectivity index (χ1) is 19.3. The summed E-state index contributed by atoms with van der Waals surface area (Å²) >= 11 is 8.92. The van der Waals surface area contributed by atoms with Crippen molar-refractivity contribution in [3.05, 3.63) is 72.8 Å². The lowest BCUT2D eigenvalue weighted by atomic mass is 10.2. The van der Waals surface area contributed by atoms with Gasteiger partial charge in [-0.1, -0.05) is 0 Å². The number of hydrogen-bond donors (Lipinski definition) is 2. The van der Waals surface area contributed by atoms with Crippen molar-refractivity contribution in [1.29, 1.82) is 0 Å². The summed E-state index contributed by atoms with van der Waals surface area (Å²) in [7, 11) is 8.16. The Balaban J connectivity index is 1.45. The number of thiol groups is 2. The molecule has 1 saturated heterocycles. The highest BCUT2D eigenvalue weighted by molar-refractivity contribution is 7.99. The highest BCUT2D eigenvalue weighted by Gasteiger charge is 2.20. The number of benzene rings is 3. The molecule has 0 spiro atoms. The van der Waals surface area contributed by atoms with E-state index in [0.29, 0.717) is 13.1 Å². The van der Waals surface area contributed by atoms with Crippen LogP contribution in [0.5, 0.6) is 0 Å². The average Bonchev–Trinajstić information content (AvgIpc) is 2.97. The van der Waals surface area contributed by atoms with Crippen LogP contribution >= 0.6 is 25.3 Å². The third-order valence-electron chi connectivity index (χ3n) is 7.04. The Bertz CT molecular complexity index is 1170. The summed E-state index contributed by atoms with van der Waals surface area (Å²) in [5.41, 5.74) is 6.58. The van der Waals surface area contributed by atoms with Crippen LogP contribution in [0.1, 0.15) is 0 Å². The third-order valence-corrected chi connectivity index (χ3v) is 7.69. The minimum atomic E-state index is -0.00162. The van der Waals surface area contributed by atoms with Gasteiger partial charge in [0.2, 0.25) is 0 Å². The molecule has 0 bridgehead atoms. The van der Waals surface area contributed by atoms with E-state index in [1.54, 1.807) is 0 Å². The molecular formula is C31H41N7S2. The maximum absolute atomic E-state index is 4.72. The van der Waals surface area contributed by atoms with Gasteiger partial charge < -0.3 is 19.6 Å². The fourth-order valence-corrected chi connectivity index (χ4v) is 5.00. The van der Waals surface area contributed by atoms with Crippen LogP contribution in [0.2, 0.25) is 0 Å². The second-order valence-corrected chi connectivity index (χ2v) is 11.6. The van der Waals surface area contributed by atoms with Crippen LogP contribution in [0.4, 0.5) is 34.1 Å². The molecule has 0 atom stereocenters. The van der Waals surface area contributed by atoms with Gasteiger partial charge in [-0.25, -0.2) is 0 Å². The fraction of sp³-hybridized carbons (Fsp3) is 0.355. The number of aliphatic imine (C=N–C) groups is 2. The van der Waals surface area contributed by atoms with Crippen molar-refractivity contribution >= 4 is 71.8 Å². The molecule has 4 rings (SSSR count). The molecular weight excluding hydrogens is 535 g/mol. The van der Waals surface area contributed by atoms with Crippen LogP contribution in [0.3, 0.4) is 0 Å². The van der Waals surface area contributed by atoms with E-state index in [4.69, 9.17) is 9.98 Å². The number of piperazine rings is 1. The van der Waals surface area contributed by atoms with Crippen molar-refractivity contribution < 1.29 is 0 Å². The highest BCUT2D eigenvalue weighted by atomic mass is 32.2. The second kappa shape index (κ2) is 14.5. The third kappa shape index (κ3) is 8.43. The predicted molar refractivity (Wildman–Crippen MR) is 182 cm³/mol. The Morgan fingerprint density at radius 2 is 1.07 bits per heavy atom. The zero-order valence-electron chi connectivity index (χ0n) is 23.9. The maximum atomic E-state index is 4.72. The van der Waals surface area contributed by atoms with Gasteiger partial charge in [-0.15, -0.1) is 25.3 Å². The van der Waals surface area contributed by atoms with Gasteiger partial charge in [-0.05, 0) is 72.8 Å². The molecule has 1 aliphatic heterocycles. The van der Waals surface area contributed by atoms with Gasteiger partial charge in [0.25, 0.3) is 0 Å². The van der Waals surface area contributed by atoms with Crippen LogP contribution in [0.25, 0.3) is 0 Å². The Morgan fingerprint density at radius 1 is 0.650 bits per heavy atom. The molecule has 9 heteroatoms. The van der Waals surface area contributed by atoms with Gasteiger partial charge in [0.15, 0.2) is 0 Å². The van der Waals surface area contributed by atoms with E-state index >= 15 is 0 Å². The first-order valence-electron chi connectivity index (χ1n) is 13.6. The first kappa shape index (κ1) is 29.8. The molecule has 0 N–H and O–H groups in total. The van der Waals surface area contributed by atoms with Crippen molar-refractivity contribution in [2.45, 2.75) is 4.71 Å². The highest BCUT2D eigenvalue weighted by Crippen LogP contribution is 2.24. The van der Waals surface area contributed by atoms with Crippen LogP contribution in [0, 0.1) is 0 Å². The Morgan fingerprint density at radius 3 is 1.48 bits per heavy atom. The topological polar surface area (TPSA) is 40.9 Å². The molecule has 0 aromatic heterocycles. The molecule has 0 radical (unpaired) electrons. The molecule has 0 unspecified atom stereocenters. The van der Waals surface area contributed by atoms with Gasteiger partial charge in [0.1, 0.15) is 0 Å². The summed E-state index contributed by atoms with van der Waals surface area (Å²) in [6, 6.07) is 25.4. The summed E-state index contributed by atoms with van der Waals surface area (Å²) in [6.07, 6.45) is 3.95. The zero-order valence-corrected chi connectivity index (χ0v) is 25.7. The van der Waals surface area contributed by atoms with Crippen molar-refractivity contribution in [2.24, 2.45) is 9.98 Å². The SMILES string of the molecule is CN(C)c1ccc(N=CCN(CC=Nc2ccc(N(C)C)cc2)c2ccc(N3CCN(C(S)S)CC3)cc2)cc1. The number of hydrogen-bond acceptors (Lipinski definition) is 9. The van der Waals surface area contributed by atoms with E-state index in [2.05, 4.69) is 98.3 Å². The normalized spacial score (nSPS) is 14.4. The molecule has 3 aromatic carbocycles. The lowest BCUT2D eigenvalue weighted by molar-refractivity contribution is 0.287. The largest absolute Gasteiger partial charge is 0.378 e. The van der Waals surface area contributed by atoms with Crippen LogP contribution in [-0.2, 0) is 0 Å². The Hall–Kier alpha value is -3.14. The van der Waals surface area contributed by atoms with Crippen LogP contribution in [-0.4, -0.2) is 89.5 Å². The van der Waals surface area contributed by atoms with Crippen LogP contribution < -0.4 is 19.6 Å². The van der Waals surface area contributed by atoms with Gasteiger partial charge in [-0.3, -0.25) is 14.9 Å². The molecule has 212 valence electrons. The van der Waals surface area contributed by atoms with E-state index in [1.165, 1.54) is 5.69 Å². The predicted octanol–water partition coefficient (Wildman–Crippen LogP) is 5.70. The Labute approximate surface area is 250 Å². The maximum Gasteiger partial charge on any atom is 0.0970 e. The summed E-state index contributed by atoms with van der Waals surface area (Å²) in [5, 5.41) is 0. The molecule has 3 aromatic rings. The van der Waals surface area contributed by atoms with Gasteiger partial charge >= 0.3 is 0 Å². The second-order valence-electron chi connectivity index (χ2n) is 10.2. The van der Waals surface area contributed by atoms with E-state index in [9.17, 15) is 0 Å². The standard InChI is InChI=1S/C31H41N7S2/c1-34(2)27-9-5-25(6-10-27)32-17-19-36(20-18-33-26-7-11-28(12-8-26)35(3)4)29-13-15-30(16-14-29)37-21-23-38(24-22-37)31(39)40/h5-18,31,39-40H,19-24H2,1-4H3. The molecule has 0 amide bonds. The zero-order chi connectivity index (χ0) is 28.5. The van der Waals surface area contributed by atoms with Crippen LogP contribution in [0.15, 0.2) is 82.8 Å². The lowest BCUT2D eigenvalue weighted by Gasteiger charge is -2.37. The van der Waals surface area contributed by atoms with E-state index in [0.717, 1.165) is 54.6 Å². The number of nitrogens with zero attached hydrogens (tertiary/aromatic N) is 7. The van der Waals surface area contributed by atoms with E-state index in [-0.39, 0.29) is 4.71 Å². The smallest absolute Gasteiger partial charge is 0.0970 e. The summed E-state index contributed by atoms with van der Waals surface area (Å²) in [5.74, 6) is 0. The molecule has 1 aliphatic rings. The molecule has 0 aliphatic carbocycles. The molecule has 7 nitrogen and oxygen atoms in total. The number of rotatable bonds is 11. The first-order valence-corrected chi connectivity index (χ1v) is 14.6. The average molecular weight is 576 g/mol. The quantitative estimate of drug-likeness (QED) is 0.175. The molecule has 0 saturated carbocycles. The molecule has 1 fully saturated rings. The van der Waals surface area contributed by atoms with E-state index in [1.807, 2.05) is 64.9 Å². The van der Waals surface area contributed by atoms with Gasteiger partial charge in [-0.2, -0.15) is 0 Å².